The summed E-state index contributed by atoms with van der Waals surface area (Å²) >= 11 is 0. The molecule has 1 aromatic carbocycles. The van der Waals surface area contributed by atoms with Crippen LogP contribution < -0.4 is 0 Å². The minimum atomic E-state index is -3.33. The zero-order chi connectivity index (χ0) is 17.8. The highest BCUT2D eigenvalue weighted by Crippen LogP contribution is 2.56. The molecule has 2 aromatic rings. The van der Waals surface area contributed by atoms with Crippen molar-refractivity contribution in [3.05, 3.63) is 47.5 Å². The van der Waals surface area contributed by atoms with E-state index in [1.54, 1.807) is 4.31 Å². The van der Waals surface area contributed by atoms with Gasteiger partial charge in [-0.3, -0.25) is 5.10 Å². The molecule has 2 aliphatic carbocycles. The monoisotopic (exact) mass is 372 g/mol. The molecule has 1 spiro atoms. The third kappa shape index (κ3) is 2.77. The molecule has 0 radical (unpaired) electrons. The molecule has 1 N–H and O–H groups in total. The van der Waals surface area contributed by atoms with Gasteiger partial charge in [-0.2, -0.15) is 5.10 Å². The molecule has 1 aliphatic heterocycles. The van der Waals surface area contributed by atoms with Crippen LogP contribution in [0.2, 0.25) is 0 Å². The summed E-state index contributed by atoms with van der Waals surface area (Å²) in [5, 5.41) is 7.53. The fraction of sp³-hybridized carbons (Fsp3) is 0.579. The molecule has 1 unspecified atom stereocenters. The Hall–Kier alpha value is -1.73. The molecule has 2 heterocycles. The Morgan fingerprint density at radius 3 is 2.62 bits per heavy atom. The van der Waals surface area contributed by atoms with Crippen molar-refractivity contribution in [1.29, 1.82) is 0 Å². The van der Waals surface area contributed by atoms with Crippen LogP contribution in [-0.2, 0) is 15.8 Å². The summed E-state index contributed by atoms with van der Waals surface area (Å²) in [5.74, 6) is 2.53. The lowest BCUT2D eigenvalue weighted by molar-refractivity contribution is 0.127. The maximum Gasteiger partial charge on any atom is 0.218 e. The van der Waals surface area contributed by atoms with Crippen molar-refractivity contribution in [3.8, 4) is 0 Å². The minimum Gasteiger partial charge on any atom is -0.263 e. The van der Waals surface area contributed by atoms with Gasteiger partial charge in [0.05, 0.1) is 5.75 Å². The lowest BCUT2D eigenvalue weighted by Crippen LogP contribution is -2.38. The Labute approximate surface area is 154 Å². The largest absolute Gasteiger partial charge is 0.263 e. The van der Waals surface area contributed by atoms with Crippen LogP contribution in [0.4, 0.5) is 0 Å². The van der Waals surface area contributed by atoms with Crippen LogP contribution in [0.15, 0.2) is 30.3 Å². The zero-order valence-corrected chi connectivity index (χ0v) is 15.6. The molecular weight excluding hydrogens is 348 g/mol. The quantitative estimate of drug-likeness (QED) is 0.875. The lowest BCUT2D eigenvalue weighted by atomic mass is 9.62. The van der Waals surface area contributed by atoms with Gasteiger partial charge in [-0.15, -0.1) is 0 Å². The maximum absolute atomic E-state index is 13.0. The summed E-state index contributed by atoms with van der Waals surface area (Å²) in [6.45, 7) is 1.14. The molecule has 1 saturated heterocycles. The van der Waals surface area contributed by atoms with E-state index in [-0.39, 0.29) is 17.1 Å². The predicted molar refractivity (Wildman–Crippen MR) is 98.0 cm³/mol. The average Bonchev–Trinajstić information content (AvgIpc) is 3.17. The molecule has 6 nitrogen and oxygen atoms in total. The van der Waals surface area contributed by atoms with Gasteiger partial charge in [0, 0.05) is 24.9 Å². The number of rotatable bonds is 5. The van der Waals surface area contributed by atoms with Crippen molar-refractivity contribution >= 4 is 10.0 Å². The highest BCUT2D eigenvalue weighted by Gasteiger charge is 2.54. The number of nitrogens with zero attached hydrogens (tertiary/aromatic N) is 3. The molecular formula is C19H24N4O2S. The van der Waals surface area contributed by atoms with E-state index < -0.39 is 10.0 Å². The number of aromatic amines is 1. The van der Waals surface area contributed by atoms with E-state index in [2.05, 4.69) is 10.2 Å². The second-order valence-corrected chi connectivity index (χ2v) is 10.1. The fourth-order valence-corrected chi connectivity index (χ4v) is 6.12. The van der Waals surface area contributed by atoms with Crippen LogP contribution in [0.25, 0.3) is 0 Å². The van der Waals surface area contributed by atoms with Crippen molar-refractivity contribution in [2.45, 2.75) is 49.7 Å². The van der Waals surface area contributed by atoms with E-state index >= 15 is 0 Å². The van der Waals surface area contributed by atoms with E-state index in [9.17, 15) is 8.42 Å². The molecule has 138 valence electrons. The van der Waals surface area contributed by atoms with Crippen molar-refractivity contribution in [2.24, 2.45) is 5.41 Å². The molecule has 7 heteroatoms. The number of hydrogen-bond acceptors (Lipinski definition) is 4. The summed E-state index contributed by atoms with van der Waals surface area (Å²) in [6, 6.07) is 9.44. The first-order valence-corrected chi connectivity index (χ1v) is 11.1. The Kier molecular flexibility index (Phi) is 3.72. The SMILES string of the molecule is O=S(=O)(Cc1ccccc1)N1CC(c2nc(C3CC3)n[nH]2)C2(CCC2)C1. The molecule has 3 aliphatic rings. The number of hydrogen-bond donors (Lipinski definition) is 1. The van der Waals surface area contributed by atoms with Crippen molar-refractivity contribution < 1.29 is 8.42 Å². The summed E-state index contributed by atoms with van der Waals surface area (Å²) in [6.07, 6.45) is 5.67. The lowest BCUT2D eigenvalue weighted by Gasteiger charge is -2.42. The molecule has 1 aromatic heterocycles. The standard InChI is InChI=1S/C19H24N4O2S/c24-26(25,12-14-5-2-1-3-6-14)23-11-16(19(13-23)9-4-10-19)18-20-17(21-22-18)15-7-8-15/h1-3,5-6,15-16H,4,7-13H2,(H,20,21,22). The first-order valence-electron chi connectivity index (χ1n) is 9.50. The molecule has 2 saturated carbocycles. The fourth-order valence-electron chi connectivity index (χ4n) is 4.49. The van der Waals surface area contributed by atoms with Gasteiger partial charge < -0.3 is 0 Å². The highest BCUT2D eigenvalue weighted by atomic mass is 32.2. The van der Waals surface area contributed by atoms with E-state index in [1.807, 2.05) is 30.3 Å². The van der Waals surface area contributed by atoms with Gasteiger partial charge in [0.15, 0.2) is 5.82 Å². The smallest absolute Gasteiger partial charge is 0.218 e. The Morgan fingerprint density at radius 2 is 1.96 bits per heavy atom. The molecule has 0 bridgehead atoms. The van der Waals surface area contributed by atoms with Crippen LogP contribution in [0, 0.1) is 5.41 Å². The molecule has 1 atom stereocenters. The summed E-state index contributed by atoms with van der Waals surface area (Å²) in [4.78, 5) is 4.74. The van der Waals surface area contributed by atoms with E-state index in [1.165, 1.54) is 19.3 Å². The van der Waals surface area contributed by atoms with Gasteiger partial charge in [0.2, 0.25) is 10.0 Å². The number of sulfonamides is 1. The first kappa shape index (κ1) is 16.4. The van der Waals surface area contributed by atoms with Gasteiger partial charge in [-0.05, 0) is 36.7 Å². The van der Waals surface area contributed by atoms with Gasteiger partial charge in [-0.25, -0.2) is 17.7 Å². The van der Waals surface area contributed by atoms with Crippen LogP contribution in [-0.4, -0.2) is 41.0 Å². The molecule has 5 rings (SSSR count). The number of benzene rings is 1. The second kappa shape index (κ2) is 5.89. The maximum atomic E-state index is 13.0. The van der Waals surface area contributed by atoms with E-state index in [0.29, 0.717) is 19.0 Å². The van der Waals surface area contributed by atoms with Crippen molar-refractivity contribution in [3.63, 3.8) is 0 Å². The van der Waals surface area contributed by atoms with Crippen LogP contribution >= 0.6 is 0 Å². The third-order valence-electron chi connectivity index (χ3n) is 6.34. The first-order chi connectivity index (χ1) is 12.6. The molecule has 3 fully saturated rings. The van der Waals surface area contributed by atoms with Crippen molar-refractivity contribution in [2.75, 3.05) is 13.1 Å². The normalized spacial score (nSPS) is 25.5. The predicted octanol–water partition coefficient (Wildman–Crippen LogP) is 2.78. The Balaban J connectivity index is 1.39. The van der Waals surface area contributed by atoms with E-state index in [0.717, 1.165) is 30.1 Å². The minimum absolute atomic E-state index is 0.0457. The summed E-state index contributed by atoms with van der Waals surface area (Å²) in [5.41, 5.74) is 0.888. The van der Waals surface area contributed by atoms with Crippen LogP contribution in [0.3, 0.4) is 0 Å². The number of H-pyrrole nitrogens is 1. The Morgan fingerprint density at radius 1 is 1.19 bits per heavy atom. The molecule has 0 amide bonds. The number of nitrogens with one attached hydrogen (secondary N) is 1. The van der Waals surface area contributed by atoms with E-state index in [4.69, 9.17) is 4.98 Å². The summed E-state index contributed by atoms with van der Waals surface area (Å²) in [7, 11) is -3.33. The highest BCUT2D eigenvalue weighted by molar-refractivity contribution is 7.88. The van der Waals surface area contributed by atoms with Gasteiger partial charge >= 0.3 is 0 Å². The topological polar surface area (TPSA) is 79.0 Å². The van der Waals surface area contributed by atoms with Crippen molar-refractivity contribution in [1.82, 2.24) is 19.5 Å². The van der Waals surface area contributed by atoms with Crippen LogP contribution in [0.1, 0.15) is 61.2 Å². The van der Waals surface area contributed by atoms with Gasteiger partial charge in [0.25, 0.3) is 0 Å². The van der Waals surface area contributed by atoms with Gasteiger partial charge in [0.1, 0.15) is 5.82 Å². The zero-order valence-electron chi connectivity index (χ0n) is 14.8. The third-order valence-corrected chi connectivity index (χ3v) is 8.11. The van der Waals surface area contributed by atoms with Crippen LogP contribution in [0.5, 0.6) is 0 Å². The van der Waals surface area contributed by atoms with Gasteiger partial charge in [-0.1, -0.05) is 36.8 Å². The Bertz CT molecular complexity index is 901. The molecule has 26 heavy (non-hydrogen) atoms. The average molecular weight is 372 g/mol. The number of aromatic nitrogens is 3. The second-order valence-electron chi connectivity index (χ2n) is 8.16. The summed E-state index contributed by atoms with van der Waals surface area (Å²) < 4.78 is 27.7.